The molecule has 0 atom stereocenters. The second kappa shape index (κ2) is 8.41. The van der Waals surface area contributed by atoms with Crippen LogP contribution in [-0.4, -0.2) is 10.7 Å². The van der Waals surface area contributed by atoms with E-state index in [0.717, 1.165) is 41.5 Å². The van der Waals surface area contributed by atoms with E-state index in [2.05, 4.69) is 54.8 Å². The van der Waals surface area contributed by atoms with Crippen LogP contribution in [0.5, 0.6) is 0 Å². The van der Waals surface area contributed by atoms with E-state index < -0.39 is 0 Å². The average Bonchev–Trinajstić information content (AvgIpc) is 3.06. The Hall–Kier alpha value is -1.58. The smallest absolute Gasteiger partial charge is 0.171 e. The molecule has 1 aliphatic carbocycles. The number of aryl methyl sites for hydroxylation is 3. The summed E-state index contributed by atoms with van der Waals surface area (Å²) in [5, 5.41) is 8.64. The Morgan fingerprint density at radius 3 is 2.58 bits per heavy atom. The zero-order valence-corrected chi connectivity index (χ0v) is 17.1. The second-order valence-corrected chi connectivity index (χ2v) is 8.29. The zero-order chi connectivity index (χ0) is 18.6. The third kappa shape index (κ3) is 4.77. The SMILES string of the molecule is Cc1ccc(C)c(NC(=S)NC2(CCc3ccccc3Cl)CCCC2)c1. The summed E-state index contributed by atoms with van der Waals surface area (Å²) >= 11 is 12.0. The molecule has 138 valence electrons. The third-order valence-electron chi connectivity index (χ3n) is 5.41. The number of nitrogens with one attached hydrogen (secondary N) is 2. The van der Waals surface area contributed by atoms with Crippen LogP contribution >= 0.6 is 23.8 Å². The molecule has 2 N–H and O–H groups in total. The van der Waals surface area contributed by atoms with Gasteiger partial charge in [-0.05, 0) is 80.6 Å². The first-order valence-corrected chi connectivity index (χ1v) is 10.2. The van der Waals surface area contributed by atoms with Gasteiger partial charge >= 0.3 is 0 Å². The Labute approximate surface area is 167 Å². The number of rotatable bonds is 5. The summed E-state index contributed by atoms with van der Waals surface area (Å²) in [5.74, 6) is 0. The molecule has 26 heavy (non-hydrogen) atoms. The lowest BCUT2D eigenvalue weighted by atomic mass is 9.89. The molecule has 2 nitrogen and oxygen atoms in total. The summed E-state index contributed by atoms with van der Waals surface area (Å²) < 4.78 is 0. The van der Waals surface area contributed by atoms with Gasteiger partial charge in [0.15, 0.2) is 5.11 Å². The van der Waals surface area contributed by atoms with Crippen LogP contribution in [0.1, 0.15) is 48.8 Å². The maximum absolute atomic E-state index is 6.34. The Bertz CT molecular complexity index is 781. The van der Waals surface area contributed by atoms with Gasteiger partial charge in [0, 0.05) is 16.2 Å². The van der Waals surface area contributed by atoms with Crippen molar-refractivity contribution in [2.24, 2.45) is 0 Å². The van der Waals surface area contributed by atoms with Gasteiger partial charge in [-0.25, -0.2) is 0 Å². The minimum Gasteiger partial charge on any atom is -0.357 e. The van der Waals surface area contributed by atoms with E-state index >= 15 is 0 Å². The normalized spacial score (nSPS) is 15.7. The van der Waals surface area contributed by atoms with Crippen molar-refractivity contribution in [1.82, 2.24) is 5.32 Å². The van der Waals surface area contributed by atoms with Gasteiger partial charge in [-0.1, -0.05) is 54.8 Å². The van der Waals surface area contributed by atoms with Crippen molar-refractivity contribution in [1.29, 1.82) is 0 Å². The number of anilines is 1. The van der Waals surface area contributed by atoms with Crippen LogP contribution in [0.2, 0.25) is 5.02 Å². The average molecular weight is 387 g/mol. The molecule has 0 unspecified atom stereocenters. The van der Waals surface area contributed by atoms with Crippen molar-refractivity contribution in [3.8, 4) is 0 Å². The highest BCUT2D eigenvalue weighted by Crippen LogP contribution is 2.34. The van der Waals surface area contributed by atoms with Crippen LogP contribution in [0.25, 0.3) is 0 Å². The molecule has 0 bridgehead atoms. The van der Waals surface area contributed by atoms with Gasteiger partial charge in [-0.15, -0.1) is 0 Å². The van der Waals surface area contributed by atoms with E-state index in [4.69, 9.17) is 23.8 Å². The highest BCUT2D eigenvalue weighted by molar-refractivity contribution is 7.80. The molecular formula is C22H27ClN2S. The molecule has 0 aromatic heterocycles. The molecule has 0 aliphatic heterocycles. The van der Waals surface area contributed by atoms with Crippen LogP contribution in [0, 0.1) is 13.8 Å². The highest BCUT2D eigenvalue weighted by atomic mass is 35.5. The first-order valence-electron chi connectivity index (χ1n) is 9.37. The highest BCUT2D eigenvalue weighted by Gasteiger charge is 2.34. The Kier molecular flexibility index (Phi) is 6.20. The lowest BCUT2D eigenvalue weighted by Gasteiger charge is -2.32. The maximum atomic E-state index is 6.34. The molecule has 1 saturated carbocycles. The molecule has 0 amide bonds. The van der Waals surface area contributed by atoms with E-state index in [-0.39, 0.29) is 5.54 Å². The molecule has 1 fully saturated rings. The number of thiocarbonyl (C=S) groups is 1. The van der Waals surface area contributed by atoms with Gasteiger partial charge in [0.2, 0.25) is 0 Å². The van der Waals surface area contributed by atoms with Crippen molar-refractivity contribution in [3.05, 3.63) is 64.2 Å². The van der Waals surface area contributed by atoms with Gasteiger partial charge in [0.1, 0.15) is 0 Å². The van der Waals surface area contributed by atoms with Crippen molar-refractivity contribution in [2.75, 3.05) is 5.32 Å². The topological polar surface area (TPSA) is 24.1 Å². The minimum absolute atomic E-state index is 0.0704. The van der Waals surface area contributed by atoms with Crippen LogP contribution in [0.3, 0.4) is 0 Å². The van der Waals surface area contributed by atoms with Crippen molar-refractivity contribution in [2.45, 2.75) is 57.9 Å². The lowest BCUT2D eigenvalue weighted by molar-refractivity contribution is 0.362. The predicted molar refractivity (Wildman–Crippen MR) is 116 cm³/mol. The predicted octanol–water partition coefficient (Wildman–Crippen LogP) is 6.19. The molecule has 1 aliphatic rings. The number of hydrogen-bond acceptors (Lipinski definition) is 1. The number of halogens is 1. The summed E-state index contributed by atoms with van der Waals surface area (Å²) in [7, 11) is 0. The Balaban J connectivity index is 1.66. The zero-order valence-electron chi connectivity index (χ0n) is 15.6. The van der Waals surface area contributed by atoms with E-state index in [9.17, 15) is 0 Å². The molecular weight excluding hydrogens is 360 g/mol. The second-order valence-electron chi connectivity index (χ2n) is 7.48. The summed E-state index contributed by atoms with van der Waals surface area (Å²) in [6.45, 7) is 4.20. The van der Waals surface area contributed by atoms with Crippen LogP contribution < -0.4 is 10.6 Å². The fourth-order valence-corrected chi connectivity index (χ4v) is 4.39. The first-order chi connectivity index (χ1) is 12.5. The van der Waals surface area contributed by atoms with E-state index in [1.54, 1.807) is 0 Å². The summed E-state index contributed by atoms with van der Waals surface area (Å²) in [5.41, 5.74) is 4.81. The lowest BCUT2D eigenvalue weighted by Crippen LogP contribution is -2.48. The quantitative estimate of drug-likeness (QED) is 0.599. The van der Waals surface area contributed by atoms with Crippen LogP contribution in [0.4, 0.5) is 5.69 Å². The molecule has 0 heterocycles. The first kappa shape index (κ1) is 19.2. The maximum Gasteiger partial charge on any atom is 0.171 e. The van der Waals surface area contributed by atoms with E-state index in [0.29, 0.717) is 0 Å². The molecule has 0 spiro atoms. The van der Waals surface area contributed by atoms with Crippen LogP contribution in [-0.2, 0) is 6.42 Å². The van der Waals surface area contributed by atoms with Gasteiger partial charge in [-0.2, -0.15) is 0 Å². The summed E-state index contributed by atoms with van der Waals surface area (Å²) in [6, 6.07) is 14.5. The van der Waals surface area contributed by atoms with Gasteiger partial charge in [-0.3, -0.25) is 0 Å². The van der Waals surface area contributed by atoms with E-state index in [1.165, 1.54) is 29.5 Å². The summed E-state index contributed by atoms with van der Waals surface area (Å²) in [4.78, 5) is 0. The molecule has 3 rings (SSSR count). The Morgan fingerprint density at radius 2 is 1.85 bits per heavy atom. The van der Waals surface area contributed by atoms with Crippen molar-refractivity contribution in [3.63, 3.8) is 0 Å². The molecule has 2 aromatic rings. The van der Waals surface area contributed by atoms with Gasteiger partial charge in [0.25, 0.3) is 0 Å². The number of benzene rings is 2. The summed E-state index contributed by atoms with van der Waals surface area (Å²) in [6.07, 6.45) is 6.84. The van der Waals surface area contributed by atoms with Crippen LogP contribution in [0.15, 0.2) is 42.5 Å². The number of hydrogen-bond donors (Lipinski definition) is 2. The van der Waals surface area contributed by atoms with E-state index in [1.807, 2.05) is 12.1 Å². The standard InChI is InChI=1S/C22H27ClN2S/c1-16-9-10-17(2)20(15-16)24-21(26)25-22(12-5-6-13-22)14-11-18-7-3-4-8-19(18)23/h3-4,7-10,15H,5-6,11-14H2,1-2H3,(H2,24,25,26). The molecule has 0 radical (unpaired) electrons. The fraction of sp³-hybridized carbons (Fsp3) is 0.409. The van der Waals surface area contributed by atoms with Gasteiger partial charge in [0.05, 0.1) is 0 Å². The molecule has 2 aromatic carbocycles. The molecule has 4 heteroatoms. The largest absolute Gasteiger partial charge is 0.357 e. The minimum atomic E-state index is 0.0704. The Morgan fingerprint density at radius 1 is 1.12 bits per heavy atom. The molecule has 0 saturated heterocycles. The van der Waals surface area contributed by atoms with Crippen molar-refractivity contribution < 1.29 is 0 Å². The van der Waals surface area contributed by atoms with Gasteiger partial charge < -0.3 is 10.6 Å². The van der Waals surface area contributed by atoms with Crippen molar-refractivity contribution >= 4 is 34.6 Å². The fourth-order valence-electron chi connectivity index (χ4n) is 3.83. The third-order valence-corrected chi connectivity index (χ3v) is 5.98. The monoisotopic (exact) mass is 386 g/mol.